The number of hydrogen-bond donors (Lipinski definition) is 1. The molecule has 1 saturated carbocycles. The molecule has 0 amide bonds. The van der Waals surface area contributed by atoms with Gasteiger partial charge in [0.1, 0.15) is 0 Å². The van der Waals surface area contributed by atoms with Crippen LogP contribution in [-0.4, -0.2) is 6.04 Å². The van der Waals surface area contributed by atoms with Gasteiger partial charge in [-0.15, -0.1) is 0 Å². The molecule has 0 unspecified atom stereocenters. The van der Waals surface area contributed by atoms with Gasteiger partial charge in [0, 0.05) is 6.04 Å². The Morgan fingerprint density at radius 2 is 2.23 bits per heavy atom. The first kappa shape index (κ1) is 8.76. The fraction of sp³-hybridized carbons (Fsp3) is 0.500. The van der Waals surface area contributed by atoms with Gasteiger partial charge in [-0.1, -0.05) is 24.3 Å². The lowest BCUT2D eigenvalue weighted by atomic mass is 10.0. The lowest BCUT2D eigenvalue weighted by molar-refractivity contribution is 0.737. The highest BCUT2D eigenvalue weighted by molar-refractivity contribution is 5.29. The second-order valence-corrected chi connectivity index (χ2v) is 4.20. The standard InChI is InChI=1S/C12H17N/c1-9(13)7-10-3-2-4-12(8-10)11-5-6-11/h2-4,8-9,11H,5-7,13H2,1H3/t9-/m0/s1. The second kappa shape index (κ2) is 3.51. The van der Waals surface area contributed by atoms with Crippen LogP contribution in [-0.2, 0) is 6.42 Å². The predicted molar refractivity (Wildman–Crippen MR) is 55.8 cm³/mol. The van der Waals surface area contributed by atoms with E-state index < -0.39 is 0 Å². The van der Waals surface area contributed by atoms with Crippen molar-refractivity contribution in [2.75, 3.05) is 0 Å². The summed E-state index contributed by atoms with van der Waals surface area (Å²) in [6.45, 7) is 2.06. The summed E-state index contributed by atoms with van der Waals surface area (Å²) in [5.41, 5.74) is 8.67. The summed E-state index contributed by atoms with van der Waals surface area (Å²) < 4.78 is 0. The number of rotatable bonds is 3. The van der Waals surface area contributed by atoms with E-state index in [2.05, 4.69) is 31.2 Å². The molecule has 2 rings (SSSR count). The molecule has 0 radical (unpaired) electrons. The Morgan fingerprint density at radius 3 is 2.85 bits per heavy atom. The highest BCUT2D eigenvalue weighted by Crippen LogP contribution is 2.40. The molecule has 1 atom stereocenters. The van der Waals surface area contributed by atoms with Gasteiger partial charge in [-0.2, -0.15) is 0 Å². The van der Waals surface area contributed by atoms with Gasteiger partial charge in [-0.3, -0.25) is 0 Å². The topological polar surface area (TPSA) is 26.0 Å². The molecule has 0 saturated heterocycles. The van der Waals surface area contributed by atoms with Crippen molar-refractivity contribution < 1.29 is 0 Å². The summed E-state index contributed by atoms with van der Waals surface area (Å²) in [5.74, 6) is 0.855. The molecule has 13 heavy (non-hydrogen) atoms. The van der Waals surface area contributed by atoms with Crippen LogP contribution in [0.5, 0.6) is 0 Å². The van der Waals surface area contributed by atoms with Crippen molar-refractivity contribution in [1.29, 1.82) is 0 Å². The first-order valence-electron chi connectivity index (χ1n) is 5.10. The van der Waals surface area contributed by atoms with Crippen molar-refractivity contribution in [1.82, 2.24) is 0 Å². The van der Waals surface area contributed by atoms with Crippen LogP contribution in [0.2, 0.25) is 0 Å². The van der Waals surface area contributed by atoms with Crippen LogP contribution < -0.4 is 5.73 Å². The van der Waals surface area contributed by atoms with Crippen LogP contribution >= 0.6 is 0 Å². The SMILES string of the molecule is C[C@H](N)Cc1cccc(C2CC2)c1. The smallest absolute Gasteiger partial charge is 0.00509 e. The maximum atomic E-state index is 5.77. The predicted octanol–water partition coefficient (Wildman–Crippen LogP) is 2.45. The van der Waals surface area contributed by atoms with Crippen molar-refractivity contribution in [3.63, 3.8) is 0 Å². The average Bonchev–Trinajstić information content (AvgIpc) is 2.85. The molecule has 0 aromatic heterocycles. The Labute approximate surface area is 80.0 Å². The van der Waals surface area contributed by atoms with Crippen LogP contribution in [0.3, 0.4) is 0 Å². The van der Waals surface area contributed by atoms with E-state index in [9.17, 15) is 0 Å². The fourth-order valence-corrected chi connectivity index (χ4v) is 1.76. The van der Waals surface area contributed by atoms with Gasteiger partial charge in [0.2, 0.25) is 0 Å². The molecule has 1 aliphatic carbocycles. The summed E-state index contributed by atoms with van der Waals surface area (Å²) in [6.07, 6.45) is 3.75. The minimum atomic E-state index is 0.273. The monoisotopic (exact) mass is 175 g/mol. The molecular formula is C12H17N. The van der Waals surface area contributed by atoms with Gasteiger partial charge in [0.05, 0.1) is 0 Å². The van der Waals surface area contributed by atoms with E-state index in [-0.39, 0.29) is 6.04 Å². The van der Waals surface area contributed by atoms with Gasteiger partial charge in [0.15, 0.2) is 0 Å². The Morgan fingerprint density at radius 1 is 1.46 bits per heavy atom. The number of hydrogen-bond acceptors (Lipinski definition) is 1. The van der Waals surface area contributed by atoms with Gasteiger partial charge in [0.25, 0.3) is 0 Å². The van der Waals surface area contributed by atoms with Crippen molar-refractivity contribution >= 4 is 0 Å². The minimum Gasteiger partial charge on any atom is -0.328 e. The van der Waals surface area contributed by atoms with E-state index in [4.69, 9.17) is 5.73 Å². The van der Waals surface area contributed by atoms with E-state index in [0.717, 1.165) is 12.3 Å². The Balaban J connectivity index is 2.12. The molecule has 0 heterocycles. The van der Waals surface area contributed by atoms with Crippen molar-refractivity contribution in [2.24, 2.45) is 5.73 Å². The van der Waals surface area contributed by atoms with Gasteiger partial charge < -0.3 is 5.73 Å². The van der Waals surface area contributed by atoms with Crippen LogP contribution in [0.4, 0.5) is 0 Å². The highest BCUT2D eigenvalue weighted by atomic mass is 14.6. The maximum Gasteiger partial charge on any atom is 0.00509 e. The quantitative estimate of drug-likeness (QED) is 0.750. The number of benzene rings is 1. The normalized spacial score (nSPS) is 18.6. The van der Waals surface area contributed by atoms with E-state index in [0.29, 0.717) is 0 Å². The third-order valence-corrected chi connectivity index (χ3v) is 2.56. The van der Waals surface area contributed by atoms with Crippen molar-refractivity contribution in [3.8, 4) is 0 Å². The van der Waals surface area contributed by atoms with Crippen molar-refractivity contribution in [2.45, 2.75) is 38.1 Å². The fourth-order valence-electron chi connectivity index (χ4n) is 1.76. The zero-order valence-electron chi connectivity index (χ0n) is 8.16. The summed E-state index contributed by atoms with van der Waals surface area (Å²) in [7, 11) is 0. The zero-order chi connectivity index (χ0) is 9.26. The van der Waals surface area contributed by atoms with Gasteiger partial charge in [-0.05, 0) is 43.2 Å². The molecule has 1 fully saturated rings. The Hall–Kier alpha value is -0.820. The molecule has 70 valence electrons. The Kier molecular flexibility index (Phi) is 2.36. The summed E-state index contributed by atoms with van der Waals surface area (Å²) >= 11 is 0. The molecule has 0 spiro atoms. The van der Waals surface area contributed by atoms with E-state index in [1.807, 2.05) is 0 Å². The molecule has 0 aliphatic heterocycles. The zero-order valence-corrected chi connectivity index (χ0v) is 8.16. The molecule has 1 aromatic rings. The van der Waals surface area contributed by atoms with Crippen LogP contribution in [0, 0.1) is 0 Å². The molecular weight excluding hydrogens is 158 g/mol. The van der Waals surface area contributed by atoms with E-state index in [1.165, 1.54) is 24.0 Å². The number of nitrogens with two attached hydrogens (primary N) is 1. The maximum absolute atomic E-state index is 5.77. The van der Waals surface area contributed by atoms with Crippen LogP contribution in [0.15, 0.2) is 24.3 Å². The largest absolute Gasteiger partial charge is 0.328 e. The average molecular weight is 175 g/mol. The highest BCUT2D eigenvalue weighted by Gasteiger charge is 2.23. The van der Waals surface area contributed by atoms with Gasteiger partial charge in [-0.25, -0.2) is 0 Å². The first-order chi connectivity index (χ1) is 6.25. The van der Waals surface area contributed by atoms with Crippen molar-refractivity contribution in [3.05, 3.63) is 35.4 Å². The third kappa shape index (κ3) is 2.31. The Bertz CT molecular complexity index is 287. The van der Waals surface area contributed by atoms with Gasteiger partial charge >= 0.3 is 0 Å². The van der Waals surface area contributed by atoms with E-state index >= 15 is 0 Å². The molecule has 2 N–H and O–H groups in total. The molecule has 1 aromatic carbocycles. The molecule has 1 heteroatoms. The van der Waals surface area contributed by atoms with E-state index in [1.54, 1.807) is 0 Å². The third-order valence-electron chi connectivity index (χ3n) is 2.56. The van der Waals surface area contributed by atoms with Crippen LogP contribution in [0.1, 0.15) is 36.8 Å². The lowest BCUT2D eigenvalue weighted by Crippen LogP contribution is -2.17. The molecule has 0 bridgehead atoms. The summed E-state index contributed by atoms with van der Waals surface area (Å²) in [5, 5.41) is 0. The summed E-state index contributed by atoms with van der Waals surface area (Å²) in [6, 6.07) is 9.17. The minimum absolute atomic E-state index is 0.273. The summed E-state index contributed by atoms with van der Waals surface area (Å²) in [4.78, 5) is 0. The molecule has 1 nitrogen and oxygen atoms in total. The lowest BCUT2D eigenvalue weighted by Gasteiger charge is -2.06. The molecule has 1 aliphatic rings. The second-order valence-electron chi connectivity index (χ2n) is 4.20. The first-order valence-corrected chi connectivity index (χ1v) is 5.10. The van der Waals surface area contributed by atoms with Crippen LogP contribution in [0.25, 0.3) is 0 Å².